The Morgan fingerprint density at radius 3 is 2.76 bits per heavy atom. The van der Waals surface area contributed by atoms with E-state index in [1.165, 1.54) is 0 Å². The number of anilines is 2. The molecule has 0 saturated carbocycles. The number of rotatable bonds is 5. The number of nitrogen functional groups attached to an aromatic ring is 1. The molecule has 0 bridgehead atoms. The molecule has 2 rings (SSSR count). The number of ether oxygens (including phenoxy) is 1. The third-order valence-electron chi connectivity index (χ3n) is 4.64. The molecule has 7 heteroatoms. The molecule has 25 heavy (non-hydrogen) atoms. The summed E-state index contributed by atoms with van der Waals surface area (Å²) in [7, 11) is 1.55. The number of nitrogens with zero attached hydrogens (tertiary/aromatic N) is 1. The van der Waals surface area contributed by atoms with Crippen LogP contribution in [0.4, 0.5) is 11.4 Å². The fourth-order valence-electron chi connectivity index (χ4n) is 2.93. The Kier molecular flexibility index (Phi) is 8.03. The quantitative estimate of drug-likeness (QED) is 0.781. The maximum atomic E-state index is 12.5. The van der Waals surface area contributed by atoms with Crippen molar-refractivity contribution in [3.63, 3.8) is 0 Å². The van der Waals surface area contributed by atoms with Crippen molar-refractivity contribution in [2.24, 2.45) is 11.8 Å². The summed E-state index contributed by atoms with van der Waals surface area (Å²) in [6, 6.07) is 5.17. The van der Waals surface area contributed by atoms with Crippen LogP contribution in [0.3, 0.4) is 0 Å². The highest BCUT2D eigenvalue weighted by Gasteiger charge is 2.30. The van der Waals surface area contributed by atoms with Crippen LogP contribution in [0.15, 0.2) is 18.2 Å². The number of nitrogens with two attached hydrogens (primary N) is 1. The predicted molar refractivity (Wildman–Crippen MR) is 102 cm³/mol. The number of piperidine rings is 1. The van der Waals surface area contributed by atoms with Crippen molar-refractivity contribution >= 4 is 35.6 Å². The molecule has 2 amide bonds. The van der Waals surface area contributed by atoms with E-state index in [0.717, 1.165) is 25.8 Å². The van der Waals surface area contributed by atoms with Crippen molar-refractivity contribution in [3.05, 3.63) is 18.2 Å². The van der Waals surface area contributed by atoms with Gasteiger partial charge in [-0.25, -0.2) is 0 Å². The number of nitrogens with one attached hydrogen (secondary N) is 1. The maximum absolute atomic E-state index is 12.5. The topological polar surface area (TPSA) is 84.7 Å². The SMILES string of the molecule is CCC(C)C(=O)N1CCCC(C(=O)Nc2ccc(OC)c(N)c2)C1.Cl. The molecule has 0 radical (unpaired) electrons. The van der Waals surface area contributed by atoms with Crippen molar-refractivity contribution < 1.29 is 14.3 Å². The monoisotopic (exact) mass is 369 g/mol. The van der Waals surface area contributed by atoms with Crippen LogP contribution in [0.2, 0.25) is 0 Å². The second kappa shape index (κ2) is 9.51. The number of amides is 2. The molecule has 3 N–H and O–H groups in total. The van der Waals surface area contributed by atoms with Gasteiger partial charge >= 0.3 is 0 Å². The highest BCUT2D eigenvalue weighted by atomic mass is 35.5. The molecule has 1 aromatic carbocycles. The minimum Gasteiger partial charge on any atom is -0.495 e. The third-order valence-corrected chi connectivity index (χ3v) is 4.64. The van der Waals surface area contributed by atoms with Gasteiger partial charge in [-0.3, -0.25) is 9.59 Å². The lowest BCUT2D eigenvalue weighted by atomic mass is 9.95. The van der Waals surface area contributed by atoms with E-state index in [2.05, 4.69) is 5.32 Å². The average Bonchev–Trinajstić information content (AvgIpc) is 2.60. The summed E-state index contributed by atoms with van der Waals surface area (Å²) in [5.74, 6) is 0.476. The minimum atomic E-state index is -0.185. The van der Waals surface area contributed by atoms with Gasteiger partial charge in [0.15, 0.2) is 0 Å². The van der Waals surface area contributed by atoms with E-state index in [0.29, 0.717) is 23.7 Å². The van der Waals surface area contributed by atoms with Crippen LogP contribution in [0.25, 0.3) is 0 Å². The summed E-state index contributed by atoms with van der Waals surface area (Å²) in [6.07, 6.45) is 2.46. The molecule has 140 valence electrons. The summed E-state index contributed by atoms with van der Waals surface area (Å²) >= 11 is 0. The van der Waals surface area contributed by atoms with E-state index in [1.54, 1.807) is 25.3 Å². The van der Waals surface area contributed by atoms with E-state index in [1.807, 2.05) is 18.7 Å². The molecular formula is C18H28ClN3O3. The normalized spacial score (nSPS) is 18.0. The molecule has 0 aliphatic carbocycles. The molecule has 6 nitrogen and oxygen atoms in total. The van der Waals surface area contributed by atoms with Crippen molar-refractivity contribution in [1.82, 2.24) is 4.90 Å². The zero-order valence-electron chi connectivity index (χ0n) is 15.1. The van der Waals surface area contributed by atoms with Crippen molar-refractivity contribution in [1.29, 1.82) is 0 Å². The summed E-state index contributed by atoms with van der Waals surface area (Å²) in [5.41, 5.74) is 6.99. The first-order valence-corrected chi connectivity index (χ1v) is 8.49. The molecule has 1 aliphatic heterocycles. The Balaban J connectivity index is 0.00000312. The molecule has 1 fully saturated rings. The number of likely N-dealkylation sites (tertiary alicyclic amines) is 1. The largest absolute Gasteiger partial charge is 0.495 e. The van der Waals surface area contributed by atoms with Gasteiger partial charge in [0.1, 0.15) is 5.75 Å². The molecule has 2 unspecified atom stereocenters. The number of carbonyl (C=O) groups excluding carboxylic acids is 2. The molecule has 2 atom stereocenters. The first-order chi connectivity index (χ1) is 11.5. The summed E-state index contributed by atoms with van der Waals surface area (Å²) in [5, 5.41) is 2.89. The molecule has 1 aliphatic rings. The van der Waals surface area contributed by atoms with Crippen LogP contribution in [0.1, 0.15) is 33.1 Å². The summed E-state index contributed by atoms with van der Waals surface area (Å²) in [6.45, 7) is 5.17. The van der Waals surface area contributed by atoms with E-state index in [9.17, 15) is 9.59 Å². The van der Waals surface area contributed by atoms with Gasteiger partial charge in [-0.15, -0.1) is 12.4 Å². The van der Waals surface area contributed by atoms with Crippen LogP contribution in [0, 0.1) is 11.8 Å². The Morgan fingerprint density at radius 2 is 2.16 bits per heavy atom. The van der Waals surface area contributed by atoms with E-state index in [-0.39, 0.29) is 36.1 Å². The summed E-state index contributed by atoms with van der Waals surface area (Å²) in [4.78, 5) is 26.7. The molecule has 1 aromatic rings. The third kappa shape index (κ3) is 5.26. The van der Waals surface area contributed by atoms with Gasteiger partial charge in [0.25, 0.3) is 0 Å². The molecule has 1 saturated heterocycles. The Morgan fingerprint density at radius 1 is 1.44 bits per heavy atom. The van der Waals surface area contributed by atoms with Gasteiger partial charge in [0, 0.05) is 24.7 Å². The lowest BCUT2D eigenvalue weighted by Gasteiger charge is -2.33. The van der Waals surface area contributed by atoms with Crippen LogP contribution in [0.5, 0.6) is 5.75 Å². The van der Waals surface area contributed by atoms with Gasteiger partial charge in [-0.1, -0.05) is 13.8 Å². The van der Waals surface area contributed by atoms with Gasteiger partial charge in [0.2, 0.25) is 11.8 Å². The standard InChI is InChI=1S/C18H27N3O3.ClH/c1-4-12(2)18(23)21-9-5-6-13(11-21)17(22)20-14-7-8-16(24-3)15(19)10-14;/h7-8,10,12-13H,4-6,9,11,19H2,1-3H3,(H,20,22);1H. The lowest BCUT2D eigenvalue weighted by Crippen LogP contribution is -2.45. The highest BCUT2D eigenvalue weighted by molar-refractivity contribution is 5.94. The van der Waals surface area contributed by atoms with Gasteiger partial charge < -0.3 is 20.7 Å². The number of halogens is 1. The Bertz CT molecular complexity index is 609. The first-order valence-electron chi connectivity index (χ1n) is 8.49. The van der Waals surface area contributed by atoms with Gasteiger partial charge in [-0.05, 0) is 37.5 Å². The first kappa shape index (κ1) is 21.1. The fourth-order valence-corrected chi connectivity index (χ4v) is 2.93. The maximum Gasteiger partial charge on any atom is 0.229 e. The molecular weight excluding hydrogens is 342 g/mol. The van der Waals surface area contributed by atoms with Crippen LogP contribution >= 0.6 is 12.4 Å². The minimum absolute atomic E-state index is 0. The summed E-state index contributed by atoms with van der Waals surface area (Å²) < 4.78 is 5.11. The van der Waals surface area contributed by atoms with E-state index < -0.39 is 0 Å². The van der Waals surface area contributed by atoms with Crippen LogP contribution in [-0.2, 0) is 9.59 Å². The molecule has 1 heterocycles. The second-order valence-electron chi connectivity index (χ2n) is 6.38. The van der Waals surface area contributed by atoms with Crippen LogP contribution in [-0.4, -0.2) is 36.9 Å². The van der Waals surface area contributed by atoms with Gasteiger partial charge in [-0.2, -0.15) is 0 Å². The van der Waals surface area contributed by atoms with Crippen LogP contribution < -0.4 is 15.8 Å². The number of benzene rings is 1. The Hall–Kier alpha value is -1.95. The predicted octanol–water partition coefficient (Wildman–Crippen LogP) is 2.92. The van der Waals surface area contributed by atoms with E-state index >= 15 is 0 Å². The zero-order valence-corrected chi connectivity index (χ0v) is 15.9. The fraction of sp³-hybridized carbons (Fsp3) is 0.556. The second-order valence-corrected chi connectivity index (χ2v) is 6.38. The number of carbonyl (C=O) groups is 2. The Labute approximate surface area is 155 Å². The highest BCUT2D eigenvalue weighted by Crippen LogP contribution is 2.26. The van der Waals surface area contributed by atoms with Crippen molar-refractivity contribution in [2.75, 3.05) is 31.2 Å². The number of hydrogen-bond donors (Lipinski definition) is 2. The lowest BCUT2D eigenvalue weighted by molar-refractivity contribution is -0.138. The van der Waals surface area contributed by atoms with E-state index in [4.69, 9.17) is 10.5 Å². The number of methoxy groups -OCH3 is 1. The number of hydrogen-bond acceptors (Lipinski definition) is 4. The molecule has 0 aromatic heterocycles. The van der Waals surface area contributed by atoms with Crippen molar-refractivity contribution in [3.8, 4) is 5.75 Å². The average molecular weight is 370 g/mol. The molecule has 0 spiro atoms. The van der Waals surface area contributed by atoms with Gasteiger partial charge in [0.05, 0.1) is 18.7 Å². The smallest absolute Gasteiger partial charge is 0.229 e. The van der Waals surface area contributed by atoms with Crippen molar-refractivity contribution in [2.45, 2.75) is 33.1 Å². The zero-order chi connectivity index (χ0) is 17.7.